The van der Waals surface area contributed by atoms with Crippen LogP contribution in [0, 0.1) is 5.92 Å². The Hall–Kier alpha value is 0.100. The Labute approximate surface area is 87.8 Å². The molecule has 0 heterocycles. The van der Waals surface area contributed by atoms with Gasteiger partial charge in [0.15, 0.2) is 0 Å². The molecule has 0 bridgehead atoms. The second-order valence-electron chi connectivity index (χ2n) is 3.34. The van der Waals surface area contributed by atoms with E-state index >= 15 is 0 Å². The zero-order valence-electron chi connectivity index (χ0n) is 8.66. The first-order valence-electron chi connectivity index (χ1n) is 4.81. The molecule has 86 valence electrons. The largest absolute Gasteiger partial charge is 0.401 e. The summed E-state index contributed by atoms with van der Waals surface area (Å²) in [7, 11) is 0. The number of thioether (sulfide) groups is 1. The number of halogens is 3. The van der Waals surface area contributed by atoms with Crippen LogP contribution < -0.4 is 5.32 Å². The third-order valence-corrected chi connectivity index (χ3v) is 2.71. The summed E-state index contributed by atoms with van der Waals surface area (Å²) in [5, 5.41) is 2.42. The van der Waals surface area contributed by atoms with Crippen molar-refractivity contribution in [3.05, 3.63) is 0 Å². The van der Waals surface area contributed by atoms with E-state index < -0.39 is 12.7 Å². The maximum absolute atomic E-state index is 11.7. The van der Waals surface area contributed by atoms with Crippen LogP contribution in [0.1, 0.15) is 20.3 Å². The molecule has 1 N–H and O–H groups in total. The van der Waals surface area contributed by atoms with E-state index in [2.05, 4.69) is 12.2 Å². The molecule has 1 atom stereocenters. The van der Waals surface area contributed by atoms with Crippen molar-refractivity contribution in [2.45, 2.75) is 26.4 Å². The van der Waals surface area contributed by atoms with Gasteiger partial charge in [0, 0.05) is 0 Å². The molecule has 0 aromatic carbocycles. The van der Waals surface area contributed by atoms with Crippen LogP contribution >= 0.6 is 11.8 Å². The van der Waals surface area contributed by atoms with Crippen molar-refractivity contribution in [3.8, 4) is 0 Å². The lowest BCUT2D eigenvalue weighted by Gasteiger charge is -2.13. The second kappa shape index (κ2) is 7.40. The highest BCUT2D eigenvalue weighted by Crippen LogP contribution is 2.13. The Balaban J connectivity index is 3.31. The Kier molecular flexibility index (Phi) is 7.45. The zero-order valence-corrected chi connectivity index (χ0v) is 9.47. The fraction of sp³-hybridized carbons (Fsp3) is 1.00. The Morgan fingerprint density at radius 1 is 1.36 bits per heavy atom. The molecule has 5 heteroatoms. The minimum Gasteiger partial charge on any atom is -0.308 e. The zero-order chi connectivity index (χ0) is 11.0. The monoisotopic (exact) mass is 229 g/mol. The molecule has 0 aromatic heterocycles. The summed E-state index contributed by atoms with van der Waals surface area (Å²) in [6.07, 6.45) is -3.11. The van der Waals surface area contributed by atoms with Crippen molar-refractivity contribution in [3.63, 3.8) is 0 Å². The van der Waals surface area contributed by atoms with E-state index in [0.717, 1.165) is 17.9 Å². The SMILES string of the molecule is CCSCCC(C)CNCC(F)(F)F. The van der Waals surface area contributed by atoms with Gasteiger partial charge in [-0.2, -0.15) is 24.9 Å². The lowest BCUT2D eigenvalue weighted by molar-refractivity contribution is -0.125. The first-order valence-corrected chi connectivity index (χ1v) is 5.96. The van der Waals surface area contributed by atoms with Crippen molar-refractivity contribution in [2.75, 3.05) is 24.6 Å². The Morgan fingerprint density at radius 2 is 2.00 bits per heavy atom. The predicted octanol–water partition coefficient (Wildman–Crippen LogP) is 2.92. The Bertz CT molecular complexity index is 139. The average molecular weight is 229 g/mol. The molecule has 0 aliphatic carbocycles. The smallest absolute Gasteiger partial charge is 0.308 e. The molecular weight excluding hydrogens is 211 g/mol. The third-order valence-electron chi connectivity index (χ3n) is 1.78. The number of hydrogen-bond donors (Lipinski definition) is 1. The molecular formula is C9H18F3NS. The molecule has 14 heavy (non-hydrogen) atoms. The van der Waals surface area contributed by atoms with Gasteiger partial charge in [-0.3, -0.25) is 0 Å². The molecule has 0 amide bonds. The maximum Gasteiger partial charge on any atom is 0.401 e. The molecule has 0 aliphatic heterocycles. The van der Waals surface area contributed by atoms with Crippen LogP contribution in [0.25, 0.3) is 0 Å². The molecule has 0 aliphatic rings. The van der Waals surface area contributed by atoms with Gasteiger partial charge < -0.3 is 5.32 Å². The minimum atomic E-state index is -4.09. The summed E-state index contributed by atoms with van der Waals surface area (Å²) in [4.78, 5) is 0. The molecule has 1 unspecified atom stereocenters. The van der Waals surface area contributed by atoms with Gasteiger partial charge in [0.1, 0.15) is 0 Å². The van der Waals surface area contributed by atoms with Crippen LogP contribution in [0.15, 0.2) is 0 Å². The summed E-state index contributed by atoms with van der Waals surface area (Å²) < 4.78 is 35.2. The molecule has 0 radical (unpaired) electrons. The van der Waals surface area contributed by atoms with Crippen LogP contribution in [-0.2, 0) is 0 Å². The van der Waals surface area contributed by atoms with E-state index in [-0.39, 0.29) is 0 Å². The molecule has 0 fully saturated rings. The van der Waals surface area contributed by atoms with Crippen molar-refractivity contribution < 1.29 is 13.2 Å². The lowest BCUT2D eigenvalue weighted by atomic mass is 10.1. The maximum atomic E-state index is 11.7. The van der Waals surface area contributed by atoms with Gasteiger partial charge in [-0.05, 0) is 30.4 Å². The van der Waals surface area contributed by atoms with Crippen molar-refractivity contribution in [1.29, 1.82) is 0 Å². The summed E-state index contributed by atoms with van der Waals surface area (Å²) in [5.41, 5.74) is 0. The Morgan fingerprint density at radius 3 is 2.50 bits per heavy atom. The van der Waals surface area contributed by atoms with Crippen LogP contribution in [0.2, 0.25) is 0 Å². The topological polar surface area (TPSA) is 12.0 Å². The van der Waals surface area contributed by atoms with Crippen LogP contribution in [-0.4, -0.2) is 30.8 Å². The summed E-state index contributed by atoms with van der Waals surface area (Å²) >= 11 is 1.83. The van der Waals surface area contributed by atoms with Gasteiger partial charge in [-0.25, -0.2) is 0 Å². The number of hydrogen-bond acceptors (Lipinski definition) is 2. The van der Waals surface area contributed by atoms with E-state index in [9.17, 15) is 13.2 Å². The van der Waals surface area contributed by atoms with E-state index in [1.165, 1.54) is 0 Å². The first-order chi connectivity index (χ1) is 6.45. The first kappa shape index (κ1) is 14.1. The number of alkyl halides is 3. The molecule has 0 saturated heterocycles. The minimum absolute atomic E-state index is 0.316. The molecule has 1 nitrogen and oxygen atoms in total. The van der Waals surface area contributed by atoms with Gasteiger partial charge in [-0.1, -0.05) is 13.8 Å². The third kappa shape index (κ3) is 10.2. The van der Waals surface area contributed by atoms with Crippen LogP contribution in [0.5, 0.6) is 0 Å². The van der Waals surface area contributed by atoms with E-state index in [1.807, 2.05) is 18.7 Å². The van der Waals surface area contributed by atoms with Gasteiger partial charge >= 0.3 is 6.18 Å². The highest BCUT2D eigenvalue weighted by atomic mass is 32.2. The summed E-state index contributed by atoms with van der Waals surface area (Å²) in [5.74, 6) is 2.42. The highest BCUT2D eigenvalue weighted by Gasteiger charge is 2.26. The van der Waals surface area contributed by atoms with E-state index in [1.54, 1.807) is 0 Å². The fourth-order valence-electron chi connectivity index (χ4n) is 0.991. The number of nitrogens with one attached hydrogen (secondary N) is 1. The normalized spacial score (nSPS) is 14.4. The quantitative estimate of drug-likeness (QED) is 0.674. The van der Waals surface area contributed by atoms with Crippen molar-refractivity contribution in [1.82, 2.24) is 5.32 Å². The van der Waals surface area contributed by atoms with Crippen molar-refractivity contribution in [2.24, 2.45) is 5.92 Å². The fourth-order valence-corrected chi connectivity index (χ4v) is 1.85. The van der Waals surface area contributed by atoms with Crippen LogP contribution in [0.3, 0.4) is 0 Å². The van der Waals surface area contributed by atoms with E-state index in [4.69, 9.17) is 0 Å². The molecule has 0 aromatic rings. The van der Waals surface area contributed by atoms with Gasteiger partial charge in [-0.15, -0.1) is 0 Å². The average Bonchev–Trinajstić information content (AvgIpc) is 2.02. The second-order valence-corrected chi connectivity index (χ2v) is 4.73. The molecule has 0 spiro atoms. The van der Waals surface area contributed by atoms with Gasteiger partial charge in [0.2, 0.25) is 0 Å². The van der Waals surface area contributed by atoms with E-state index in [0.29, 0.717) is 12.5 Å². The number of rotatable bonds is 7. The standard InChI is InChI=1S/C9H18F3NS/c1-3-14-5-4-8(2)6-13-7-9(10,11)12/h8,13H,3-7H2,1-2H3. The molecule has 0 saturated carbocycles. The van der Waals surface area contributed by atoms with Crippen LogP contribution in [0.4, 0.5) is 13.2 Å². The highest BCUT2D eigenvalue weighted by molar-refractivity contribution is 7.99. The summed E-state index contributed by atoms with van der Waals surface area (Å²) in [6.45, 7) is 3.62. The lowest BCUT2D eigenvalue weighted by Crippen LogP contribution is -2.32. The van der Waals surface area contributed by atoms with Gasteiger partial charge in [0.25, 0.3) is 0 Å². The summed E-state index contributed by atoms with van der Waals surface area (Å²) in [6, 6.07) is 0. The van der Waals surface area contributed by atoms with Crippen molar-refractivity contribution >= 4 is 11.8 Å². The molecule has 0 rings (SSSR count). The van der Waals surface area contributed by atoms with Gasteiger partial charge in [0.05, 0.1) is 6.54 Å². The predicted molar refractivity (Wildman–Crippen MR) is 55.7 cm³/mol.